The number of carbonyl (C=O) groups excluding carboxylic acids is 2. The standard InChI is InChI=1S/C23H20O6/c1-4-22(24)28-15-13-26-20-9-5-18(6-10-20)19-7-11-21(12-8-19)27-14-16-29-23(25)17(2)3/h4-16H,1-2H2,3H3. The lowest BCUT2D eigenvalue weighted by molar-refractivity contribution is -0.134. The van der Waals surface area contributed by atoms with Crippen molar-refractivity contribution in [2.45, 2.75) is 6.92 Å². The molecule has 0 bridgehead atoms. The lowest BCUT2D eigenvalue weighted by Crippen LogP contribution is -1.99. The van der Waals surface area contributed by atoms with Gasteiger partial charge in [0.05, 0.1) is 0 Å². The second-order valence-electron chi connectivity index (χ2n) is 5.66. The van der Waals surface area contributed by atoms with Crippen LogP contribution in [0.5, 0.6) is 11.5 Å². The molecule has 2 rings (SSSR count). The average molecular weight is 392 g/mol. The van der Waals surface area contributed by atoms with E-state index in [-0.39, 0.29) is 0 Å². The third kappa shape index (κ3) is 7.22. The summed E-state index contributed by atoms with van der Waals surface area (Å²) in [6.45, 7) is 8.33. The van der Waals surface area contributed by atoms with Gasteiger partial charge in [0.25, 0.3) is 0 Å². The molecule has 2 aromatic carbocycles. The Morgan fingerprint density at radius 1 is 0.759 bits per heavy atom. The Morgan fingerprint density at radius 3 is 1.62 bits per heavy atom. The van der Waals surface area contributed by atoms with Gasteiger partial charge < -0.3 is 18.9 Å². The molecule has 0 aliphatic heterocycles. The maximum atomic E-state index is 11.2. The molecule has 0 saturated heterocycles. The minimum absolute atomic E-state index is 0.308. The van der Waals surface area contributed by atoms with Crippen LogP contribution in [0.3, 0.4) is 0 Å². The molecule has 0 radical (unpaired) electrons. The summed E-state index contributed by atoms with van der Waals surface area (Å²) in [5.41, 5.74) is 2.27. The van der Waals surface area contributed by atoms with Gasteiger partial charge >= 0.3 is 11.9 Å². The lowest BCUT2D eigenvalue weighted by atomic mass is 10.1. The minimum Gasteiger partial charge on any atom is -0.462 e. The van der Waals surface area contributed by atoms with Crippen molar-refractivity contribution >= 4 is 11.9 Å². The molecule has 6 heteroatoms. The second kappa shape index (κ2) is 10.9. The highest BCUT2D eigenvalue weighted by Crippen LogP contribution is 2.24. The molecular formula is C23H20O6. The molecule has 0 heterocycles. The van der Waals surface area contributed by atoms with Crippen molar-refractivity contribution in [3.8, 4) is 22.6 Å². The van der Waals surface area contributed by atoms with E-state index in [1.807, 2.05) is 24.3 Å². The molecule has 148 valence electrons. The fraction of sp³-hybridized carbons (Fsp3) is 0.0435. The number of ether oxygens (including phenoxy) is 4. The van der Waals surface area contributed by atoms with Gasteiger partial charge in [0.1, 0.15) is 36.5 Å². The van der Waals surface area contributed by atoms with E-state index in [1.165, 1.54) is 12.5 Å². The number of carbonyl (C=O) groups is 2. The van der Waals surface area contributed by atoms with Gasteiger partial charge in [-0.1, -0.05) is 37.4 Å². The third-order valence-electron chi connectivity index (χ3n) is 3.44. The molecule has 0 aliphatic carbocycles. The summed E-state index contributed by atoms with van der Waals surface area (Å²) in [7, 11) is 0. The van der Waals surface area contributed by atoms with Gasteiger partial charge in [-0.2, -0.15) is 0 Å². The first-order valence-electron chi connectivity index (χ1n) is 8.53. The molecule has 6 nitrogen and oxygen atoms in total. The van der Waals surface area contributed by atoms with E-state index in [4.69, 9.17) is 14.2 Å². The summed E-state index contributed by atoms with van der Waals surface area (Å²) < 4.78 is 20.2. The molecule has 0 unspecified atom stereocenters. The maximum absolute atomic E-state index is 11.2. The maximum Gasteiger partial charge on any atom is 0.338 e. The number of hydrogen-bond donors (Lipinski definition) is 0. The first-order chi connectivity index (χ1) is 14.0. The van der Waals surface area contributed by atoms with Crippen molar-refractivity contribution in [2.75, 3.05) is 0 Å². The highest BCUT2D eigenvalue weighted by atomic mass is 16.5. The monoisotopic (exact) mass is 392 g/mol. The van der Waals surface area contributed by atoms with Gasteiger partial charge in [-0.05, 0) is 42.3 Å². The normalized spacial score (nSPS) is 10.5. The minimum atomic E-state index is -0.559. The second-order valence-corrected chi connectivity index (χ2v) is 5.66. The van der Waals surface area contributed by atoms with E-state index in [1.54, 1.807) is 31.2 Å². The van der Waals surface area contributed by atoms with Gasteiger partial charge in [-0.3, -0.25) is 0 Å². The molecule has 0 aliphatic rings. The molecule has 29 heavy (non-hydrogen) atoms. The largest absolute Gasteiger partial charge is 0.462 e. The highest BCUT2D eigenvalue weighted by molar-refractivity contribution is 5.87. The topological polar surface area (TPSA) is 71.1 Å². The number of esters is 2. The van der Waals surface area contributed by atoms with Crippen LogP contribution in [0.4, 0.5) is 0 Å². The summed E-state index contributed by atoms with van der Waals surface area (Å²) in [5, 5.41) is 0. The van der Waals surface area contributed by atoms with Crippen LogP contribution in [0.15, 0.2) is 98.4 Å². The van der Waals surface area contributed by atoms with Crippen LogP contribution in [0.25, 0.3) is 11.1 Å². The molecule has 0 N–H and O–H groups in total. The number of benzene rings is 2. The van der Waals surface area contributed by atoms with Gasteiger partial charge in [0.2, 0.25) is 0 Å². The van der Waals surface area contributed by atoms with Crippen molar-refractivity contribution in [2.24, 2.45) is 0 Å². The molecule has 0 aromatic heterocycles. The Hall–Kier alpha value is -4.06. The smallest absolute Gasteiger partial charge is 0.338 e. The van der Waals surface area contributed by atoms with Gasteiger partial charge in [0.15, 0.2) is 0 Å². The molecule has 0 fully saturated rings. The van der Waals surface area contributed by atoms with E-state index in [0.717, 1.165) is 29.7 Å². The summed E-state index contributed by atoms with van der Waals surface area (Å²) in [6.07, 6.45) is 5.91. The Kier molecular flexibility index (Phi) is 8.01. The quantitative estimate of drug-likeness (QED) is 0.343. The Balaban J connectivity index is 1.88. The Labute approximate surface area is 169 Å². The molecule has 0 saturated carbocycles. The molecule has 2 aromatic rings. The van der Waals surface area contributed by atoms with Crippen molar-refractivity contribution in [1.82, 2.24) is 0 Å². The van der Waals surface area contributed by atoms with E-state index in [2.05, 4.69) is 17.9 Å². The van der Waals surface area contributed by atoms with Crippen LogP contribution in [0.1, 0.15) is 6.92 Å². The molecule has 0 atom stereocenters. The first kappa shape index (κ1) is 21.2. The van der Waals surface area contributed by atoms with Crippen molar-refractivity contribution in [1.29, 1.82) is 0 Å². The number of hydrogen-bond acceptors (Lipinski definition) is 6. The summed E-state index contributed by atoms with van der Waals surface area (Å²) in [5.74, 6) is 0.112. The Bertz CT molecular complexity index is 921. The highest BCUT2D eigenvalue weighted by Gasteiger charge is 2.01. The predicted molar refractivity (Wildman–Crippen MR) is 109 cm³/mol. The van der Waals surface area contributed by atoms with Crippen LogP contribution in [0, 0.1) is 0 Å². The molecule has 0 amide bonds. The third-order valence-corrected chi connectivity index (χ3v) is 3.44. The van der Waals surface area contributed by atoms with Crippen LogP contribution in [-0.2, 0) is 19.1 Å². The van der Waals surface area contributed by atoms with E-state index in [9.17, 15) is 9.59 Å². The van der Waals surface area contributed by atoms with E-state index in [0.29, 0.717) is 17.1 Å². The summed E-state index contributed by atoms with van der Waals surface area (Å²) in [6, 6.07) is 14.7. The molecule has 0 spiro atoms. The van der Waals surface area contributed by atoms with Crippen LogP contribution >= 0.6 is 0 Å². The lowest BCUT2D eigenvalue weighted by Gasteiger charge is -2.05. The Morgan fingerprint density at radius 2 is 1.21 bits per heavy atom. The predicted octanol–water partition coefficient (Wildman–Crippen LogP) is 4.90. The van der Waals surface area contributed by atoms with Crippen LogP contribution in [-0.4, -0.2) is 11.9 Å². The number of rotatable bonds is 9. The van der Waals surface area contributed by atoms with Crippen LogP contribution < -0.4 is 9.47 Å². The summed E-state index contributed by atoms with van der Waals surface area (Å²) >= 11 is 0. The van der Waals surface area contributed by atoms with Gasteiger partial charge in [-0.15, -0.1) is 0 Å². The van der Waals surface area contributed by atoms with Crippen LogP contribution in [0.2, 0.25) is 0 Å². The fourth-order valence-corrected chi connectivity index (χ4v) is 2.00. The zero-order valence-corrected chi connectivity index (χ0v) is 15.9. The van der Waals surface area contributed by atoms with Gasteiger partial charge in [0, 0.05) is 11.6 Å². The van der Waals surface area contributed by atoms with Crippen molar-refractivity contribution in [3.05, 3.63) is 98.4 Å². The van der Waals surface area contributed by atoms with E-state index < -0.39 is 11.9 Å². The van der Waals surface area contributed by atoms with E-state index >= 15 is 0 Å². The first-order valence-corrected chi connectivity index (χ1v) is 8.53. The van der Waals surface area contributed by atoms with Crippen molar-refractivity contribution in [3.63, 3.8) is 0 Å². The van der Waals surface area contributed by atoms with Gasteiger partial charge in [-0.25, -0.2) is 9.59 Å². The zero-order chi connectivity index (χ0) is 21.1. The zero-order valence-electron chi connectivity index (χ0n) is 15.9. The fourth-order valence-electron chi connectivity index (χ4n) is 2.00. The SMILES string of the molecule is C=CC(=O)OC=COc1ccc(-c2ccc(OC=COC(=O)C(=C)C)cc2)cc1. The average Bonchev–Trinajstić information content (AvgIpc) is 2.74. The van der Waals surface area contributed by atoms with Crippen molar-refractivity contribution < 1.29 is 28.5 Å². The summed E-state index contributed by atoms with van der Waals surface area (Å²) in [4.78, 5) is 22.1. The molecular weight excluding hydrogens is 372 g/mol.